The molecule has 0 fully saturated rings. The first-order valence-corrected chi connectivity index (χ1v) is 6.26. The fraction of sp³-hybridized carbons (Fsp3) is 0.357. The minimum Gasteiger partial charge on any atom is -0.469 e. The molecule has 2 nitrogen and oxygen atoms in total. The van der Waals surface area contributed by atoms with Crippen LogP contribution in [0.25, 0.3) is 0 Å². The number of esters is 1. The van der Waals surface area contributed by atoms with Gasteiger partial charge in [0.2, 0.25) is 0 Å². The van der Waals surface area contributed by atoms with Gasteiger partial charge in [0.05, 0.1) is 22.6 Å². The normalized spacial score (nSPS) is 12.9. The lowest BCUT2D eigenvalue weighted by Crippen LogP contribution is -2.31. The van der Waals surface area contributed by atoms with Crippen LogP contribution >= 0.6 is 23.2 Å². The summed E-state index contributed by atoms with van der Waals surface area (Å²) in [6.07, 6.45) is 1.72. The van der Waals surface area contributed by atoms with Crippen molar-refractivity contribution in [2.24, 2.45) is 5.41 Å². The van der Waals surface area contributed by atoms with E-state index in [0.29, 0.717) is 10.0 Å². The van der Waals surface area contributed by atoms with Gasteiger partial charge in [0, 0.05) is 5.92 Å². The Hall–Kier alpha value is -0.990. The second kappa shape index (κ2) is 5.77. The van der Waals surface area contributed by atoms with Crippen molar-refractivity contribution in [3.8, 4) is 0 Å². The Labute approximate surface area is 118 Å². The van der Waals surface area contributed by atoms with Gasteiger partial charge in [-0.1, -0.05) is 35.3 Å². The molecule has 1 aromatic carbocycles. The Morgan fingerprint density at radius 3 is 2.44 bits per heavy atom. The molecular formula is C14H16Cl2O2. The lowest BCUT2D eigenvalue weighted by Gasteiger charge is -2.30. The van der Waals surface area contributed by atoms with Gasteiger partial charge in [0.15, 0.2) is 0 Å². The Bertz CT molecular complexity index is 467. The first-order chi connectivity index (χ1) is 8.34. The predicted molar refractivity (Wildman–Crippen MR) is 75.2 cm³/mol. The summed E-state index contributed by atoms with van der Waals surface area (Å²) in [6, 6.07) is 5.30. The molecule has 0 aliphatic rings. The van der Waals surface area contributed by atoms with Crippen LogP contribution in [0.2, 0.25) is 10.0 Å². The Kier molecular flexibility index (Phi) is 4.83. The summed E-state index contributed by atoms with van der Waals surface area (Å²) in [4.78, 5) is 11.8. The van der Waals surface area contributed by atoms with Crippen molar-refractivity contribution in [3.05, 3.63) is 46.5 Å². The zero-order valence-electron chi connectivity index (χ0n) is 10.7. The summed E-state index contributed by atoms with van der Waals surface area (Å²) in [6.45, 7) is 7.41. The van der Waals surface area contributed by atoms with Crippen molar-refractivity contribution >= 4 is 29.2 Å². The monoisotopic (exact) mass is 286 g/mol. The number of carbonyl (C=O) groups is 1. The molecule has 0 radical (unpaired) electrons. The van der Waals surface area contributed by atoms with E-state index in [-0.39, 0.29) is 11.9 Å². The fourth-order valence-electron chi connectivity index (χ4n) is 1.94. The number of hydrogen-bond donors (Lipinski definition) is 0. The van der Waals surface area contributed by atoms with Crippen LogP contribution in [0.5, 0.6) is 0 Å². The minimum absolute atomic E-state index is 0.195. The fourth-order valence-corrected chi connectivity index (χ4v) is 2.25. The Morgan fingerprint density at radius 2 is 2.00 bits per heavy atom. The number of rotatable bonds is 4. The lowest BCUT2D eigenvalue weighted by molar-refractivity contribution is -0.151. The number of carbonyl (C=O) groups excluding carboxylic acids is 1. The van der Waals surface area contributed by atoms with E-state index in [0.717, 1.165) is 5.56 Å². The molecule has 0 heterocycles. The number of benzene rings is 1. The molecule has 1 atom stereocenters. The zero-order valence-corrected chi connectivity index (χ0v) is 12.2. The van der Waals surface area contributed by atoms with E-state index in [1.807, 2.05) is 19.9 Å². The van der Waals surface area contributed by atoms with E-state index < -0.39 is 5.41 Å². The zero-order chi connectivity index (χ0) is 13.9. The van der Waals surface area contributed by atoms with E-state index in [1.54, 1.807) is 18.2 Å². The molecule has 0 amide bonds. The molecule has 0 aliphatic heterocycles. The van der Waals surface area contributed by atoms with Gasteiger partial charge in [-0.05, 0) is 31.5 Å². The van der Waals surface area contributed by atoms with E-state index in [1.165, 1.54) is 7.11 Å². The summed E-state index contributed by atoms with van der Waals surface area (Å²) in [7, 11) is 1.37. The largest absolute Gasteiger partial charge is 0.469 e. The summed E-state index contributed by atoms with van der Waals surface area (Å²) in [5.41, 5.74) is 0.169. The first kappa shape index (κ1) is 15.1. The highest BCUT2D eigenvalue weighted by atomic mass is 35.5. The maximum atomic E-state index is 11.8. The molecule has 4 heteroatoms. The number of methoxy groups -OCH3 is 1. The third kappa shape index (κ3) is 2.88. The summed E-state index contributed by atoms with van der Waals surface area (Å²) < 4.78 is 4.83. The molecule has 1 rings (SSSR count). The topological polar surface area (TPSA) is 26.3 Å². The van der Waals surface area contributed by atoms with Crippen molar-refractivity contribution in [2.75, 3.05) is 7.11 Å². The van der Waals surface area contributed by atoms with Crippen LogP contribution in [0.4, 0.5) is 0 Å². The Morgan fingerprint density at radius 1 is 1.39 bits per heavy atom. The van der Waals surface area contributed by atoms with Gasteiger partial charge in [0.25, 0.3) is 0 Å². The number of halogens is 2. The van der Waals surface area contributed by atoms with Crippen molar-refractivity contribution in [3.63, 3.8) is 0 Å². The standard InChI is InChI=1S/C14H16Cl2O2/c1-5-10(14(2,3)13(17)18-4)9-6-7-11(15)12(16)8-9/h5-8,10H,1H2,2-4H3/t10-/m1/s1. The van der Waals surface area contributed by atoms with Gasteiger partial charge in [-0.25, -0.2) is 0 Å². The molecule has 0 aromatic heterocycles. The molecule has 0 aliphatic carbocycles. The van der Waals surface area contributed by atoms with E-state index in [2.05, 4.69) is 6.58 Å². The summed E-state index contributed by atoms with van der Waals surface area (Å²) in [5, 5.41) is 0.945. The van der Waals surface area contributed by atoms with Crippen LogP contribution in [0.3, 0.4) is 0 Å². The van der Waals surface area contributed by atoms with Crippen LogP contribution < -0.4 is 0 Å². The molecule has 1 aromatic rings. The average Bonchev–Trinajstić information content (AvgIpc) is 2.33. The summed E-state index contributed by atoms with van der Waals surface area (Å²) >= 11 is 11.9. The molecule has 98 valence electrons. The van der Waals surface area contributed by atoms with E-state index in [9.17, 15) is 4.79 Å². The second-order valence-electron chi connectivity index (χ2n) is 4.60. The molecular weight excluding hydrogens is 271 g/mol. The third-order valence-electron chi connectivity index (χ3n) is 3.03. The van der Waals surface area contributed by atoms with Gasteiger partial charge in [0.1, 0.15) is 0 Å². The Balaban J connectivity index is 3.21. The molecule has 0 N–H and O–H groups in total. The van der Waals surface area contributed by atoms with Gasteiger partial charge in [-0.3, -0.25) is 4.79 Å². The molecule has 18 heavy (non-hydrogen) atoms. The summed E-state index contributed by atoms with van der Waals surface area (Å²) in [5.74, 6) is -0.488. The third-order valence-corrected chi connectivity index (χ3v) is 3.77. The SMILES string of the molecule is C=C[C@H](c1ccc(Cl)c(Cl)c1)C(C)(C)C(=O)OC. The molecule has 0 saturated carbocycles. The van der Waals surface area contributed by atoms with Gasteiger partial charge in [-0.2, -0.15) is 0 Å². The van der Waals surface area contributed by atoms with Crippen molar-refractivity contribution in [1.82, 2.24) is 0 Å². The van der Waals surface area contributed by atoms with Crippen molar-refractivity contribution < 1.29 is 9.53 Å². The molecule has 0 saturated heterocycles. The van der Waals surface area contributed by atoms with Crippen LogP contribution in [0.1, 0.15) is 25.3 Å². The highest BCUT2D eigenvalue weighted by molar-refractivity contribution is 6.42. The van der Waals surface area contributed by atoms with Crippen molar-refractivity contribution in [1.29, 1.82) is 0 Å². The van der Waals surface area contributed by atoms with Gasteiger partial charge < -0.3 is 4.74 Å². The first-order valence-electron chi connectivity index (χ1n) is 5.50. The average molecular weight is 287 g/mol. The van der Waals surface area contributed by atoms with Crippen LogP contribution in [0.15, 0.2) is 30.9 Å². The number of allylic oxidation sites excluding steroid dienone is 1. The molecule has 0 spiro atoms. The van der Waals surface area contributed by atoms with Crippen LogP contribution in [-0.4, -0.2) is 13.1 Å². The van der Waals surface area contributed by atoms with Crippen LogP contribution in [-0.2, 0) is 9.53 Å². The molecule has 0 bridgehead atoms. The van der Waals surface area contributed by atoms with E-state index in [4.69, 9.17) is 27.9 Å². The predicted octanol–water partition coefficient (Wildman–Crippen LogP) is 4.46. The second-order valence-corrected chi connectivity index (χ2v) is 5.41. The maximum Gasteiger partial charge on any atom is 0.312 e. The minimum atomic E-state index is -0.715. The molecule has 0 unspecified atom stereocenters. The van der Waals surface area contributed by atoms with E-state index >= 15 is 0 Å². The smallest absolute Gasteiger partial charge is 0.312 e. The van der Waals surface area contributed by atoms with Crippen LogP contribution in [0, 0.1) is 5.41 Å². The number of hydrogen-bond acceptors (Lipinski definition) is 2. The van der Waals surface area contributed by atoms with Gasteiger partial charge >= 0.3 is 5.97 Å². The highest BCUT2D eigenvalue weighted by Gasteiger charge is 2.37. The number of ether oxygens (including phenoxy) is 1. The van der Waals surface area contributed by atoms with Crippen molar-refractivity contribution in [2.45, 2.75) is 19.8 Å². The van der Waals surface area contributed by atoms with Gasteiger partial charge in [-0.15, -0.1) is 6.58 Å². The quantitative estimate of drug-likeness (QED) is 0.603. The maximum absolute atomic E-state index is 11.8. The lowest BCUT2D eigenvalue weighted by atomic mass is 9.75. The highest BCUT2D eigenvalue weighted by Crippen LogP contribution is 2.39.